The molecule has 0 N–H and O–H groups in total. The molecule has 2 nitrogen and oxygen atoms in total. The topological polar surface area (TPSA) is 16.4 Å². The number of fused-ring (bicyclic) bond motifs is 2. The van der Waals surface area contributed by atoms with Crippen LogP contribution in [0, 0.1) is 0 Å². The second-order valence-electron chi connectivity index (χ2n) is 6.09. The maximum absolute atomic E-state index is 5.72. The summed E-state index contributed by atoms with van der Waals surface area (Å²) in [4.78, 5) is 2.71. The number of nitrogens with zero attached hydrogens (tertiary/aromatic N) is 1. The van der Waals surface area contributed by atoms with Crippen molar-refractivity contribution in [2.24, 2.45) is 0 Å². The van der Waals surface area contributed by atoms with Crippen LogP contribution in [0.1, 0.15) is 43.6 Å². The Morgan fingerprint density at radius 3 is 3.00 bits per heavy atom. The maximum Gasteiger partial charge on any atom is 0.134 e. The van der Waals surface area contributed by atoms with E-state index in [2.05, 4.69) is 29.2 Å². The van der Waals surface area contributed by atoms with Crippen molar-refractivity contribution in [3.63, 3.8) is 0 Å². The molecule has 3 heterocycles. The lowest BCUT2D eigenvalue weighted by atomic mass is 9.82. The van der Waals surface area contributed by atoms with E-state index in [0.29, 0.717) is 5.92 Å². The predicted molar refractivity (Wildman–Crippen MR) is 77.4 cm³/mol. The van der Waals surface area contributed by atoms with E-state index in [9.17, 15) is 0 Å². The molecule has 2 unspecified atom stereocenters. The molecule has 2 heteroatoms. The molecule has 0 amide bonds. The number of para-hydroxylation sites is 1. The monoisotopic (exact) mass is 255 g/mol. The summed E-state index contributed by atoms with van der Waals surface area (Å²) in [6.07, 6.45) is 8.83. The normalized spacial score (nSPS) is 28.4. The van der Waals surface area contributed by atoms with E-state index in [1.807, 2.05) is 6.26 Å². The first kappa shape index (κ1) is 11.5. The summed E-state index contributed by atoms with van der Waals surface area (Å²) in [5.74, 6) is 0.697. The standard InChI is InChI=1S/C17H21NO/c1-2-7-17-15(6-1)16(12-19-17)13-8-10-18-9-4-3-5-14(18)11-13/h1-2,6-7,12-14H,3-5,8-11H2. The van der Waals surface area contributed by atoms with Crippen LogP contribution in [0.4, 0.5) is 0 Å². The van der Waals surface area contributed by atoms with E-state index in [0.717, 1.165) is 11.6 Å². The fourth-order valence-electron chi connectivity index (χ4n) is 3.99. The van der Waals surface area contributed by atoms with Crippen molar-refractivity contribution in [2.45, 2.75) is 44.1 Å². The van der Waals surface area contributed by atoms with Gasteiger partial charge in [-0.25, -0.2) is 0 Å². The number of furan rings is 1. The van der Waals surface area contributed by atoms with Crippen LogP contribution in [0.2, 0.25) is 0 Å². The fraction of sp³-hybridized carbons (Fsp3) is 0.529. The largest absolute Gasteiger partial charge is 0.464 e. The van der Waals surface area contributed by atoms with E-state index in [1.165, 1.54) is 56.1 Å². The molecule has 0 spiro atoms. The molecule has 2 aliphatic rings. The molecule has 0 bridgehead atoms. The van der Waals surface area contributed by atoms with Gasteiger partial charge in [-0.15, -0.1) is 0 Å². The summed E-state index contributed by atoms with van der Waals surface area (Å²) in [5.41, 5.74) is 2.49. The van der Waals surface area contributed by atoms with Gasteiger partial charge >= 0.3 is 0 Å². The number of hydrogen-bond donors (Lipinski definition) is 0. The van der Waals surface area contributed by atoms with Crippen LogP contribution in [0.15, 0.2) is 34.9 Å². The molecule has 2 atom stereocenters. The summed E-state index contributed by atoms with van der Waals surface area (Å²) >= 11 is 0. The molecule has 2 aromatic rings. The summed E-state index contributed by atoms with van der Waals surface area (Å²) in [5, 5.41) is 1.33. The summed E-state index contributed by atoms with van der Waals surface area (Å²) in [7, 11) is 0. The molecule has 1 aromatic heterocycles. The molecule has 1 aromatic carbocycles. The molecule has 2 aliphatic heterocycles. The first-order valence-corrected chi connectivity index (χ1v) is 7.62. The van der Waals surface area contributed by atoms with Crippen LogP contribution < -0.4 is 0 Å². The zero-order chi connectivity index (χ0) is 12.7. The average molecular weight is 255 g/mol. The Kier molecular flexibility index (Phi) is 2.84. The maximum atomic E-state index is 5.72. The highest BCUT2D eigenvalue weighted by atomic mass is 16.3. The van der Waals surface area contributed by atoms with Gasteiger partial charge < -0.3 is 9.32 Å². The Hall–Kier alpha value is -1.28. The number of benzene rings is 1. The molecule has 100 valence electrons. The summed E-state index contributed by atoms with van der Waals surface area (Å²) in [6.45, 7) is 2.60. The zero-order valence-corrected chi connectivity index (χ0v) is 11.3. The molecule has 19 heavy (non-hydrogen) atoms. The zero-order valence-electron chi connectivity index (χ0n) is 11.3. The Morgan fingerprint density at radius 1 is 1.05 bits per heavy atom. The van der Waals surface area contributed by atoms with Gasteiger partial charge in [0, 0.05) is 17.0 Å². The van der Waals surface area contributed by atoms with Crippen molar-refractivity contribution >= 4 is 11.0 Å². The van der Waals surface area contributed by atoms with Crippen molar-refractivity contribution < 1.29 is 4.42 Å². The lowest BCUT2D eigenvalue weighted by Crippen LogP contribution is -2.44. The molecule has 2 saturated heterocycles. The van der Waals surface area contributed by atoms with Crippen LogP contribution in [0.5, 0.6) is 0 Å². The summed E-state index contributed by atoms with van der Waals surface area (Å²) < 4.78 is 5.72. The van der Waals surface area contributed by atoms with Crippen molar-refractivity contribution in [3.8, 4) is 0 Å². The first-order chi connectivity index (χ1) is 9.42. The minimum atomic E-state index is 0.697. The van der Waals surface area contributed by atoms with Crippen molar-refractivity contribution in [3.05, 3.63) is 36.1 Å². The number of hydrogen-bond acceptors (Lipinski definition) is 2. The van der Waals surface area contributed by atoms with E-state index in [4.69, 9.17) is 4.42 Å². The van der Waals surface area contributed by atoms with Crippen LogP contribution in [-0.2, 0) is 0 Å². The van der Waals surface area contributed by atoms with Crippen LogP contribution >= 0.6 is 0 Å². The Balaban J connectivity index is 1.62. The van der Waals surface area contributed by atoms with E-state index >= 15 is 0 Å². The highest BCUT2D eigenvalue weighted by Crippen LogP contribution is 2.38. The molecule has 0 radical (unpaired) electrons. The van der Waals surface area contributed by atoms with Crippen molar-refractivity contribution in [1.29, 1.82) is 0 Å². The van der Waals surface area contributed by atoms with Gasteiger partial charge in [-0.1, -0.05) is 24.6 Å². The van der Waals surface area contributed by atoms with Gasteiger partial charge in [0.05, 0.1) is 6.26 Å². The minimum Gasteiger partial charge on any atom is -0.464 e. The molecule has 4 rings (SSSR count). The SMILES string of the molecule is c1ccc2c(C3CCN4CCCCC4C3)coc2c1. The smallest absolute Gasteiger partial charge is 0.134 e. The quantitative estimate of drug-likeness (QED) is 0.760. The molecule has 0 saturated carbocycles. The summed E-state index contributed by atoms with van der Waals surface area (Å²) in [6, 6.07) is 9.29. The van der Waals surface area contributed by atoms with Gasteiger partial charge in [0.2, 0.25) is 0 Å². The van der Waals surface area contributed by atoms with E-state index in [-0.39, 0.29) is 0 Å². The van der Waals surface area contributed by atoms with Crippen LogP contribution in [-0.4, -0.2) is 24.0 Å². The lowest BCUT2D eigenvalue weighted by Gasteiger charge is -2.42. The third-order valence-electron chi connectivity index (χ3n) is 5.02. The average Bonchev–Trinajstić information content (AvgIpc) is 2.91. The second kappa shape index (κ2) is 4.68. The fourth-order valence-corrected chi connectivity index (χ4v) is 3.99. The highest BCUT2D eigenvalue weighted by Gasteiger charge is 2.31. The van der Waals surface area contributed by atoms with E-state index < -0.39 is 0 Å². The lowest BCUT2D eigenvalue weighted by molar-refractivity contribution is 0.0975. The van der Waals surface area contributed by atoms with Crippen LogP contribution in [0.3, 0.4) is 0 Å². The van der Waals surface area contributed by atoms with Gasteiger partial charge in [-0.05, 0) is 50.8 Å². The third kappa shape index (κ3) is 1.99. The minimum absolute atomic E-state index is 0.697. The molecular formula is C17H21NO. The van der Waals surface area contributed by atoms with Gasteiger partial charge in [0.25, 0.3) is 0 Å². The van der Waals surface area contributed by atoms with Gasteiger partial charge in [-0.2, -0.15) is 0 Å². The third-order valence-corrected chi connectivity index (χ3v) is 5.02. The van der Waals surface area contributed by atoms with E-state index in [1.54, 1.807) is 0 Å². The Morgan fingerprint density at radius 2 is 2.00 bits per heavy atom. The molecular weight excluding hydrogens is 234 g/mol. The Labute approximate surface area is 114 Å². The molecule has 0 aliphatic carbocycles. The number of rotatable bonds is 1. The second-order valence-corrected chi connectivity index (χ2v) is 6.09. The first-order valence-electron chi connectivity index (χ1n) is 7.62. The molecule has 2 fully saturated rings. The van der Waals surface area contributed by atoms with Gasteiger partial charge in [0.1, 0.15) is 5.58 Å². The number of piperidine rings is 2. The Bertz CT molecular complexity index is 573. The van der Waals surface area contributed by atoms with Crippen molar-refractivity contribution in [1.82, 2.24) is 4.90 Å². The van der Waals surface area contributed by atoms with Crippen LogP contribution in [0.25, 0.3) is 11.0 Å². The van der Waals surface area contributed by atoms with Gasteiger partial charge in [0.15, 0.2) is 0 Å². The predicted octanol–water partition coefficient (Wildman–Crippen LogP) is 4.16. The van der Waals surface area contributed by atoms with Crippen molar-refractivity contribution in [2.75, 3.05) is 13.1 Å². The van der Waals surface area contributed by atoms with Gasteiger partial charge in [-0.3, -0.25) is 0 Å². The highest BCUT2D eigenvalue weighted by molar-refractivity contribution is 5.81.